The number of ether oxygens (including phenoxy) is 2. The highest BCUT2D eigenvalue weighted by atomic mass is 16.5. The van der Waals surface area contributed by atoms with Crippen LogP contribution >= 0.6 is 0 Å². The minimum Gasteiger partial charge on any atom is -0.465 e. The Morgan fingerprint density at radius 1 is 1.23 bits per heavy atom. The van der Waals surface area contributed by atoms with Gasteiger partial charge in [-0.25, -0.2) is 4.79 Å². The van der Waals surface area contributed by atoms with E-state index in [1.807, 2.05) is 6.92 Å². The zero-order valence-corrected chi connectivity index (χ0v) is 13.2. The maximum absolute atomic E-state index is 12.3. The summed E-state index contributed by atoms with van der Waals surface area (Å²) in [6.07, 6.45) is 1.10. The Kier molecular flexibility index (Phi) is 5.76. The van der Waals surface area contributed by atoms with Gasteiger partial charge in [-0.2, -0.15) is 0 Å². The van der Waals surface area contributed by atoms with E-state index in [-0.39, 0.29) is 31.0 Å². The lowest BCUT2D eigenvalue weighted by Crippen LogP contribution is -2.57. The zero-order valence-electron chi connectivity index (χ0n) is 13.2. The van der Waals surface area contributed by atoms with Crippen molar-refractivity contribution in [3.63, 3.8) is 0 Å². The molecule has 22 heavy (non-hydrogen) atoms. The van der Waals surface area contributed by atoms with E-state index in [2.05, 4.69) is 10.2 Å². The fourth-order valence-corrected chi connectivity index (χ4v) is 3.15. The third-order valence-corrected chi connectivity index (χ3v) is 4.28. The van der Waals surface area contributed by atoms with Crippen LogP contribution in [0.3, 0.4) is 0 Å². The fraction of sp³-hybridized carbons (Fsp3) is 0.800. The molecule has 7 heteroatoms. The van der Waals surface area contributed by atoms with Crippen molar-refractivity contribution in [1.29, 1.82) is 0 Å². The van der Waals surface area contributed by atoms with Gasteiger partial charge in [0.15, 0.2) is 5.78 Å². The van der Waals surface area contributed by atoms with Crippen molar-refractivity contribution >= 4 is 17.8 Å². The number of fused-ring (bicyclic) bond motifs is 2. The molecule has 7 nitrogen and oxygen atoms in total. The molecule has 2 fully saturated rings. The molecule has 0 aromatic carbocycles. The molecule has 1 amide bonds. The molecular formula is C15H24N2O5. The number of esters is 1. The van der Waals surface area contributed by atoms with Gasteiger partial charge < -0.3 is 14.8 Å². The summed E-state index contributed by atoms with van der Waals surface area (Å²) in [6, 6.07) is 0.0592. The lowest BCUT2D eigenvalue weighted by Gasteiger charge is -2.44. The Morgan fingerprint density at radius 3 is 2.68 bits per heavy atom. The van der Waals surface area contributed by atoms with Crippen LogP contribution in [0.1, 0.15) is 26.7 Å². The quantitative estimate of drug-likeness (QED) is 0.590. The molecule has 124 valence electrons. The number of nitrogens with one attached hydrogen (secondary N) is 1. The molecule has 1 N–H and O–H groups in total. The molecular weight excluding hydrogens is 288 g/mol. The van der Waals surface area contributed by atoms with Gasteiger partial charge in [-0.05, 0) is 26.7 Å². The summed E-state index contributed by atoms with van der Waals surface area (Å²) in [6.45, 7) is 5.63. The molecule has 0 radical (unpaired) electrons. The van der Waals surface area contributed by atoms with Crippen LogP contribution in [0.25, 0.3) is 0 Å². The summed E-state index contributed by atoms with van der Waals surface area (Å²) in [5, 5.41) is 2.58. The summed E-state index contributed by atoms with van der Waals surface area (Å²) < 4.78 is 10.2. The highest BCUT2D eigenvalue weighted by Crippen LogP contribution is 2.31. The van der Waals surface area contributed by atoms with Gasteiger partial charge in [0.2, 0.25) is 0 Å². The average Bonchev–Trinajstić information content (AvgIpc) is 2.50. The van der Waals surface area contributed by atoms with Crippen molar-refractivity contribution in [3.8, 4) is 0 Å². The SMILES string of the molecule is CCNC(=O)OCC1CCC2CN1CC(C(=O)OCC)C2=O. The van der Waals surface area contributed by atoms with Gasteiger partial charge in [0.05, 0.1) is 6.61 Å². The molecule has 0 spiro atoms. The lowest BCUT2D eigenvalue weighted by atomic mass is 9.79. The molecule has 2 aliphatic rings. The van der Waals surface area contributed by atoms with Gasteiger partial charge in [0.25, 0.3) is 0 Å². The van der Waals surface area contributed by atoms with Crippen LogP contribution in [0.4, 0.5) is 4.79 Å². The van der Waals surface area contributed by atoms with Gasteiger partial charge in [-0.3, -0.25) is 14.5 Å². The molecule has 2 aliphatic heterocycles. The van der Waals surface area contributed by atoms with Crippen molar-refractivity contribution in [2.75, 3.05) is 32.8 Å². The van der Waals surface area contributed by atoms with Crippen LogP contribution in [0, 0.1) is 11.8 Å². The number of carbonyl (C=O) groups excluding carboxylic acids is 3. The molecule has 2 bridgehead atoms. The first-order chi connectivity index (χ1) is 10.6. The predicted molar refractivity (Wildman–Crippen MR) is 78.2 cm³/mol. The van der Waals surface area contributed by atoms with Crippen molar-refractivity contribution in [2.45, 2.75) is 32.7 Å². The third-order valence-electron chi connectivity index (χ3n) is 4.28. The van der Waals surface area contributed by atoms with E-state index in [1.165, 1.54) is 0 Å². The third kappa shape index (κ3) is 3.76. The molecule has 0 aliphatic carbocycles. The molecule has 4 unspecified atom stereocenters. The molecule has 4 atom stereocenters. The van der Waals surface area contributed by atoms with Crippen LogP contribution in [-0.4, -0.2) is 61.6 Å². The minimum atomic E-state index is -0.703. The first-order valence-corrected chi connectivity index (χ1v) is 7.91. The monoisotopic (exact) mass is 312 g/mol. The molecule has 2 heterocycles. The highest BCUT2D eigenvalue weighted by Gasteiger charge is 2.45. The number of carbonyl (C=O) groups is 3. The van der Waals surface area contributed by atoms with Gasteiger partial charge in [0.1, 0.15) is 12.5 Å². The van der Waals surface area contributed by atoms with E-state index >= 15 is 0 Å². The summed E-state index contributed by atoms with van der Waals surface area (Å²) in [4.78, 5) is 37.7. The van der Waals surface area contributed by atoms with E-state index in [0.29, 0.717) is 19.6 Å². The Hall–Kier alpha value is -1.63. The zero-order chi connectivity index (χ0) is 16.1. The Balaban J connectivity index is 1.94. The normalized spacial score (nSPS) is 30.5. The fourth-order valence-electron chi connectivity index (χ4n) is 3.15. The number of rotatable bonds is 5. The highest BCUT2D eigenvalue weighted by molar-refractivity contribution is 6.01. The van der Waals surface area contributed by atoms with Crippen molar-refractivity contribution in [1.82, 2.24) is 10.2 Å². The van der Waals surface area contributed by atoms with Crippen molar-refractivity contribution in [3.05, 3.63) is 0 Å². The van der Waals surface area contributed by atoms with Crippen LogP contribution in [0.2, 0.25) is 0 Å². The molecule has 0 aromatic rings. The number of hydrogen-bond acceptors (Lipinski definition) is 6. The van der Waals surface area contributed by atoms with Crippen molar-refractivity contribution < 1.29 is 23.9 Å². The molecule has 0 aromatic heterocycles. The Bertz CT molecular complexity index is 440. The van der Waals surface area contributed by atoms with Gasteiger partial charge in [-0.1, -0.05) is 0 Å². The van der Waals surface area contributed by atoms with Crippen LogP contribution in [0.5, 0.6) is 0 Å². The number of piperidine rings is 2. The standard InChI is InChI=1S/C15H24N2O5/c1-3-16-15(20)22-9-11-6-5-10-7-17(11)8-12(13(10)18)14(19)21-4-2/h10-12H,3-9H2,1-2H3,(H,16,20). The summed E-state index contributed by atoms with van der Waals surface area (Å²) in [7, 11) is 0. The van der Waals surface area contributed by atoms with E-state index in [9.17, 15) is 14.4 Å². The largest absolute Gasteiger partial charge is 0.465 e. The van der Waals surface area contributed by atoms with E-state index in [1.54, 1.807) is 6.92 Å². The average molecular weight is 312 g/mol. The van der Waals surface area contributed by atoms with Gasteiger partial charge >= 0.3 is 12.1 Å². The van der Waals surface area contributed by atoms with E-state index in [0.717, 1.165) is 12.8 Å². The first-order valence-electron chi connectivity index (χ1n) is 7.91. The maximum atomic E-state index is 12.3. The summed E-state index contributed by atoms with van der Waals surface area (Å²) >= 11 is 0. The number of ketones is 1. The van der Waals surface area contributed by atoms with E-state index < -0.39 is 18.0 Å². The summed E-state index contributed by atoms with van der Waals surface area (Å²) in [5.41, 5.74) is 0. The topological polar surface area (TPSA) is 84.9 Å². The van der Waals surface area contributed by atoms with Gasteiger partial charge in [-0.15, -0.1) is 0 Å². The number of Topliss-reactive ketones (excluding diaryl/α,β-unsaturated/α-hetero) is 1. The molecule has 0 saturated carbocycles. The minimum absolute atomic E-state index is 0.00204. The van der Waals surface area contributed by atoms with Crippen LogP contribution < -0.4 is 5.32 Å². The van der Waals surface area contributed by atoms with Gasteiger partial charge in [0, 0.05) is 31.6 Å². The maximum Gasteiger partial charge on any atom is 0.407 e. The van der Waals surface area contributed by atoms with E-state index in [4.69, 9.17) is 9.47 Å². The second-order valence-corrected chi connectivity index (χ2v) is 5.72. The Labute approximate surface area is 130 Å². The number of nitrogens with zero attached hydrogens (tertiary/aromatic N) is 1. The smallest absolute Gasteiger partial charge is 0.407 e. The number of hydrogen-bond donors (Lipinski definition) is 1. The molecule has 2 rings (SSSR count). The second-order valence-electron chi connectivity index (χ2n) is 5.72. The number of alkyl carbamates (subject to hydrolysis) is 1. The predicted octanol–water partition coefficient (Wildman–Crippen LogP) is 0.575. The number of amides is 1. The molecule has 2 saturated heterocycles. The van der Waals surface area contributed by atoms with Crippen LogP contribution in [0.15, 0.2) is 0 Å². The van der Waals surface area contributed by atoms with Crippen molar-refractivity contribution in [2.24, 2.45) is 11.8 Å². The lowest BCUT2D eigenvalue weighted by molar-refractivity contribution is -0.158. The second kappa shape index (κ2) is 7.58. The Morgan fingerprint density at radius 2 is 2.00 bits per heavy atom. The summed E-state index contributed by atoms with van der Waals surface area (Å²) in [5.74, 6) is -1.25. The first kappa shape index (κ1) is 16.7. The van der Waals surface area contributed by atoms with Crippen LogP contribution in [-0.2, 0) is 19.1 Å².